The van der Waals surface area contributed by atoms with Crippen molar-refractivity contribution in [3.63, 3.8) is 0 Å². The van der Waals surface area contributed by atoms with Gasteiger partial charge in [0.1, 0.15) is 5.84 Å². The Morgan fingerprint density at radius 2 is 2.50 bits per heavy atom. The van der Waals surface area contributed by atoms with Gasteiger partial charge in [0.15, 0.2) is 0 Å². The number of halogens is 1. The molecule has 0 amide bonds. The second-order valence-electron chi connectivity index (χ2n) is 3.24. The van der Waals surface area contributed by atoms with E-state index in [9.17, 15) is 0 Å². The van der Waals surface area contributed by atoms with Crippen LogP contribution in [-0.4, -0.2) is 33.8 Å². The van der Waals surface area contributed by atoms with Crippen LogP contribution in [0.3, 0.4) is 0 Å². The van der Waals surface area contributed by atoms with E-state index in [1.54, 1.807) is 0 Å². The Kier molecular flexibility index (Phi) is 2.34. The number of fused-ring (bicyclic) bond motifs is 1. The van der Waals surface area contributed by atoms with Crippen LogP contribution in [0.15, 0.2) is 9.98 Å². The summed E-state index contributed by atoms with van der Waals surface area (Å²) in [6.07, 6.45) is 4.42. The highest BCUT2D eigenvalue weighted by atomic mass is 127. The van der Waals surface area contributed by atoms with Gasteiger partial charge in [0, 0.05) is 12.8 Å². The summed E-state index contributed by atoms with van der Waals surface area (Å²) in [5.74, 6) is 1.14. The largest absolute Gasteiger partial charge is 0.295 e. The molecule has 0 bridgehead atoms. The zero-order valence-electron chi connectivity index (χ0n) is 7.07. The predicted molar refractivity (Wildman–Crippen MR) is 59.1 cm³/mol. The summed E-state index contributed by atoms with van der Waals surface area (Å²) in [6.45, 7) is 3.04. The summed E-state index contributed by atoms with van der Waals surface area (Å²) in [5, 5.41) is 0. The molecule has 0 radical (unpaired) electrons. The number of aliphatic imine (C=N–C) groups is 2. The maximum atomic E-state index is 4.60. The zero-order valence-corrected chi connectivity index (χ0v) is 9.23. The zero-order chi connectivity index (χ0) is 8.55. The standard InChI is InChI=1S/C8H12IN3/c1-6-11-7-3-2-4-10-5-8(7)12(6)9/h5,7-8H,2-4H2,1H3. The summed E-state index contributed by atoms with van der Waals surface area (Å²) in [4.78, 5) is 8.95. The Balaban J connectivity index is 2.20. The van der Waals surface area contributed by atoms with E-state index < -0.39 is 0 Å². The number of rotatable bonds is 0. The normalized spacial score (nSPS) is 34.5. The van der Waals surface area contributed by atoms with E-state index in [4.69, 9.17) is 0 Å². The van der Waals surface area contributed by atoms with Crippen molar-refractivity contribution >= 4 is 34.9 Å². The Morgan fingerprint density at radius 1 is 1.67 bits per heavy atom. The lowest BCUT2D eigenvalue weighted by molar-refractivity contribution is 0.533. The van der Waals surface area contributed by atoms with Gasteiger partial charge in [-0.05, 0) is 19.8 Å². The average Bonchev–Trinajstić information content (AvgIpc) is 2.30. The molecule has 2 aliphatic rings. The molecular formula is C8H12IN3. The molecule has 2 atom stereocenters. The van der Waals surface area contributed by atoms with Crippen LogP contribution in [0.2, 0.25) is 0 Å². The quantitative estimate of drug-likeness (QED) is 0.489. The number of nitrogens with zero attached hydrogens (tertiary/aromatic N) is 3. The first-order valence-corrected chi connectivity index (χ1v) is 5.25. The lowest BCUT2D eigenvalue weighted by Crippen LogP contribution is -2.32. The topological polar surface area (TPSA) is 28.0 Å². The minimum atomic E-state index is 0.424. The first-order chi connectivity index (χ1) is 5.79. The average molecular weight is 277 g/mol. The summed E-state index contributed by atoms with van der Waals surface area (Å²) in [7, 11) is 0. The van der Waals surface area contributed by atoms with Crippen molar-refractivity contribution in [2.75, 3.05) is 6.54 Å². The van der Waals surface area contributed by atoms with Crippen molar-refractivity contribution in [2.45, 2.75) is 31.8 Å². The summed E-state index contributed by atoms with van der Waals surface area (Å²) in [6, 6.07) is 0.890. The molecule has 2 unspecified atom stereocenters. The van der Waals surface area contributed by atoms with Crippen LogP contribution < -0.4 is 0 Å². The van der Waals surface area contributed by atoms with Gasteiger partial charge < -0.3 is 0 Å². The Hall–Kier alpha value is -0.130. The van der Waals surface area contributed by atoms with Gasteiger partial charge in [0.2, 0.25) is 0 Å². The molecule has 0 aromatic heterocycles. The van der Waals surface area contributed by atoms with Crippen molar-refractivity contribution in [2.24, 2.45) is 9.98 Å². The van der Waals surface area contributed by atoms with Crippen LogP contribution in [0.1, 0.15) is 19.8 Å². The van der Waals surface area contributed by atoms with Crippen molar-refractivity contribution in [1.82, 2.24) is 3.11 Å². The van der Waals surface area contributed by atoms with Gasteiger partial charge in [-0.3, -0.25) is 13.1 Å². The maximum Gasteiger partial charge on any atom is 0.106 e. The lowest BCUT2D eigenvalue weighted by atomic mass is 10.1. The van der Waals surface area contributed by atoms with Gasteiger partial charge in [-0.2, -0.15) is 0 Å². The van der Waals surface area contributed by atoms with Gasteiger partial charge in [-0.1, -0.05) is 0 Å². The molecule has 4 heteroatoms. The van der Waals surface area contributed by atoms with Crippen molar-refractivity contribution in [3.05, 3.63) is 0 Å². The molecule has 0 aliphatic carbocycles. The summed E-state index contributed by atoms with van der Waals surface area (Å²) >= 11 is 2.32. The molecule has 0 saturated carbocycles. The SMILES string of the molecule is CC1=NC2CCCN=CC2N1I. The highest BCUT2D eigenvalue weighted by molar-refractivity contribution is 14.1. The molecule has 3 nitrogen and oxygen atoms in total. The van der Waals surface area contributed by atoms with Crippen LogP contribution >= 0.6 is 22.9 Å². The van der Waals surface area contributed by atoms with E-state index in [2.05, 4.69) is 49.1 Å². The molecule has 0 aromatic carbocycles. The highest BCUT2D eigenvalue weighted by Crippen LogP contribution is 2.25. The fourth-order valence-electron chi connectivity index (χ4n) is 1.71. The second kappa shape index (κ2) is 3.32. The van der Waals surface area contributed by atoms with Crippen molar-refractivity contribution in [1.29, 1.82) is 0 Å². The molecule has 0 fully saturated rings. The van der Waals surface area contributed by atoms with Crippen molar-refractivity contribution in [3.8, 4) is 0 Å². The molecule has 0 N–H and O–H groups in total. The molecule has 2 rings (SSSR count). The first-order valence-electron chi connectivity index (χ1n) is 4.28. The van der Waals surface area contributed by atoms with Gasteiger partial charge in [0.05, 0.1) is 34.9 Å². The molecular weight excluding hydrogens is 265 g/mol. The number of amidine groups is 1. The Labute approximate surface area is 86.5 Å². The highest BCUT2D eigenvalue weighted by Gasteiger charge is 2.32. The van der Waals surface area contributed by atoms with E-state index in [-0.39, 0.29) is 0 Å². The third kappa shape index (κ3) is 1.36. The van der Waals surface area contributed by atoms with Crippen LogP contribution in [0, 0.1) is 0 Å². The van der Waals surface area contributed by atoms with Gasteiger partial charge >= 0.3 is 0 Å². The Bertz CT molecular complexity index is 236. The van der Waals surface area contributed by atoms with Crippen LogP contribution in [0.25, 0.3) is 0 Å². The predicted octanol–water partition coefficient (Wildman–Crippen LogP) is 1.67. The minimum Gasteiger partial charge on any atom is -0.295 e. The molecule has 0 saturated heterocycles. The third-order valence-corrected chi connectivity index (χ3v) is 3.70. The molecule has 66 valence electrons. The van der Waals surface area contributed by atoms with Gasteiger partial charge in [0.25, 0.3) is 0 Å². The first kappa shape index (κ1) is 8.47. The summed E-state index contributed by atoms with van der Waals surface area (Å²) < 4.78 is 2.19. The van der Waals surface area contributed by atoms with E-state index in [1.807, 2.05) is 0 Å². The fraction of sp³-hybridized carbons (Fsp3) is 0.750. The number of hydrogen-bond acceptors (Lipinski definition) is 3. The number of hydrogen-bond donors (Lipinski definition) is 0. The van der Waals surface area contributed by atoms with Gasteiger partial charge in [-0.15, -0.1) is 0 Å². The third-order valence-electron chi connectivity index (χ3n) is 2.36. The smallest absolute Gasteiger partial charge is 0.106 e. The van der Waals surface area contributed by atoms with E-state index >= 15 is 0 Å². The second-order valence-corrected chi connectivity index (χ2v) is 4.28. The molecule has 2 heterocycles. The van der Waals surface area contributed by atoms with Gasteiger partial charge in [-0.25, -0.2) is 0 Å². The van der Waals surface area contributed by atoms with Crippen LogP contribution in [-0.2, 0) is 0 Å². The molecule has 2 aliphatic heterocycles. The van der Waals surface area contributed by atoms with E-state index in [0.717, 1.165) is 12.4 Å². The summed E-state index contributed by atoms with van der Waals surface area (Å²) in [5.41, 5.74) is 0. The molecule has 0 spiro atoms. The van der Waals surface area contributed by atoms with Crippen molar-refractivity contribution < 1.29 is 0 Å². The van der Waals surface area contributed by atoms with Crippen LogP contribution in [0.5, 0.6) is 0 Å². The minimum absolute atomic E-state index is 0.424. The van der Waals surface area contributed by atoms with E-state index in [0.29, 0.717) is 12.1 Å². The lowest BCUT2D eigenvalue weighted by Gasteiger charge is -2.18. The van der Waals surface area contributed by atoms with E-state index in [1.165, 1.54) is 12.8 Å². The fourth-order valence-corrected chi connectivity index (χ4v) is 2.35. The monoisotopic (exact) mass is 277 g/mol. The molecule has 12 heavy (non-hydrogen) atoms. The maximum absolute atomic E-state index is 4.60. The molecule has 0 aromatic rings. The van der Waals surface area contributed by atoms with Crippen LogP contribution in [0.4, 0.5) is 0 Å². The Morgan fingerprint density at radius 3 is 3.33 bits per heavy atom.